The zero-order valence-electron chi connectivity index (χ0n) is 18.1. The molecule has 8 nitrogen and oxygen atoms in total. The minimum Gasteiger partial charge on any atom is -0.366 e. The van der Waals surface area contributed by atoms with Crippen LogP contribution in [0.2, 0.25) is 0 Å². The number of aryl methyl sites for hydroxylation is 1. The monoisotopic (exact) mass is 425 g/mol. The lowest BCUT2D eigenvalue weighted by molar-refractivity contribution is -0.134. The minimum absolute atomic E-state index is 0.156. The number of nitrogens with zero attached hydrogens (tertiary/aromatic N) is 1. The Hall–Kier alpha value is -3.42. The first-order valence-electron chi connectivity index (χ1n) is 10.5. The van der Waals surface area contributed by atoms with Crippen molar-refractivity contribution in [2.75, 3.05) is 6.54 Å². The third-order valence-corrected chi connectivity index (χ3v) is 5.20. The average molecular weight is 426 g/mol. The summed E-state index contributed by atoms with van der Waals surface area (Å²) in [4.78, 5) is 41.5. The number of nitrogens with one attached hydrogen (secondary N) is 3. The van der Waals surface area contributed by atoms with Gasteiger partial charge in [-0.1, -0.05) is 50.2 Å². The van der Waals surface area contributed by atoms with E-state index in [1.165, 1.54) is 0 Å². The highest BCUT2D eigenvalue weighted by atomic mass is 16.2. The van der Waals surface area contributed by atoms with E-state index in [9.17, 15) is 14.4 Å². The molecular formula is C23H31N5O3. The maximum atomic E-state index is 12.6. The number of benzene rings is 1. The van der Waals surface area contributed by atoms with Crippen LogP contribution in [-0.2, 0) is 22.4 Å². The van der Waals surface area contributed by atoms with Gasteiger partial charge in [-0.2, -0.15) is 0 Å². The predicted molar refractivity (Wildman–Crippen MR) is 119 cm³/mol. The van der Waals surface area contributed by atoms with Gasteiger partial charge >= 0.3 is 6.03 Å². The van der Waals surface area contributed by atoms with Crippen LogP contribution in [0, 0.1) is 5.92 Å². The van der Waals surface area contributed by atoms with Gasteiger partial charge in [-0.3, -0.25) is 14.6 Å². The van der Waals surface area contributed by atoms with Crippen LogP contribution in [0.1, 0.15) is 37.9 Å². The number of carbonyl (C=O) groups excluding carboxylic acids is 3. The maximum absolute atomic E-state index is 12.6. The molecule has 0 aliphatic rings. The summed E-state index contributed by atoms with van der Waals surface area (Å²) in [6, 6.07) is 14.7. The molecule has 0 aliphatic carbocycles. The van der Waals surface area contributed by atoms with Gasteiger partial charge in [-0.25, -0.2) is 4.79 Å². The van der Waals surface area contributed by atoms with Crippen LogP contribution in [0.3, 0.4) is 0 Å². The number of aromatic nitrogens is 1. The van der Waals surface area contributed by atoms with Crippen molar-refractivity contribution in [1.82, 2.24) is 20.9 Å². The fourth-order valence-electron chi connectivity index (χ4n) is 3.27. The topological polar surface area (TPSA) is 126 Å². The van der Waals surface area contributed by atoms with Crippen molar-refractivity contribution < 1.29 is 14.4 Å². The van der Waals surface area contributed by atoms with E-state index in [-0.39, 0.29) is 12.3 Å². The van der Waals surface area contributed by atoms with Gasteiger partial charge in [0.15, 0.2) is 5.66 Å². The average Bonchev–Trinajstić information content (AvgIpc) is 2.78. The molecule has 1 aromatic heterocycles. The van der Waals surface area contributed by atoms with Crippen LogP contribution in [0.15, 0.2) is 54.7 Å². The zero-order valence-corrected chi connectivity index (χ0v) is 18.1. The van der Waals surface area contributed by atoms with Crippen molar-refractivity contribution in [3.63, 3.8) is 0 Å². The molecule has 2 unspecified atom stereocenters. The van der Waals surface area contributed by atoms with E-state index >= 15 is 0 Å². The van der Waals surface area contributed by atoms with E-state index in [0.717, 1.165) is 11.3 Å². The number of rotatable bonds is 11. The molecule has 0 bridgehead atoms. The van der Waals surface area contributed by atoms with Gasteiger partial charge in [0.25, 0.3) is 5.91 Å². The van der Waals surface area contributed by atoms with Crippen molar-refractivity contribution in [1.29, 1.82) is 0 Å². The van der Waals surface area contributed by atoms with Crippen LogP contribution in [0.25, 0.3) is 0 Å². The Kier molecular flexibility index (Phi) is 8.99. The lowest BCUT2D eigenvalue weighted by Gasteiger charge is -2.37. The maximum Gasteiger partial charge on any atom is 0.317 e. The van der Waals surface area contributed by atoms with Crippen molar-refractivity contribution in [2.45, 2.75) is 45.2 Å². The molecule has 4 amide bonds. The van der Waals surface area contributed by atoms with E-state index in [0.29, 0.717) is 25.8 Å². The Balaban J connectivity index is 2.08. The molecule has 0 saturated heterocycles. The number of primary amides is 1. The molecule has 8 heteroatoms. The summed E-state index contributed by atoms with van der Waals surface area (Å²) >= 11 is 0. The van der Waals surface area contributed by atoms with Crippen molar-refractivity contribution in [3.05, 3.63) is 66.0 Å². The molecule has 0 spiro atoms. The van der Waals surface area contributed by atoms with Crippen LogP contribution >= 0.6 is 0 Å². The number of hydrogen-bond donors (Lipinski definition) is 4. The van der Waals surface area contributed by atoms with Crippen molar-refractivity contribution >= 4 is 17.8 Å². The molecule has 0 fully saturated rings. The number of urea groups is 1. The standard InChI is InChI=1S/C23H31N5O3/c1-3-20(29)27-23(21(24)30,17(2)12-13-18-9-5-4-6-10-18)28-22(31)26-16-14-19-11-7-8-15-25-19/h4-11,15,17H,3,12-14,16H2,1-2H3,(H2,24,30)(H,27,29)(H2,26,28,31). The largest absolute Gasteiger partial charge is 0.366 e. The Labute approximate surface area is 183 Å². The molecule has 2 atom stereocenters. The number of nitrogens with two attached hydrogens (primary N) is 1. The fraction of sp³-hybridized carbons (Fsp3) is 0.391. The third-order valence-electron chi connectivity index (χ3n) is 5.20. The summed E-state index contributed by atoms with van der Waals surface area (Å²) in [6.07, 6.45) is 3.57. The lowest BCUT2D eigenvalue weighted by Crippen LogP contribution is -2.72. The summed E-state index contributed by atoms with van der Waals surface area (Å²) in [6.45, 7) is 3.78. The number of pyridine rings is 1. The number of carbonyl (C=O) groups is 3. The Morgan fingerprint density at radius 1 is 1.03 bits per heavy atom. The predicted octanol–water partition coefficient (Wildman–Crippen LogP) is 1.90. The Morgan fingerprint density at radius 2 is 1.74 bits per heavy atom. The van der Waals surface area contributed by atoms with E-state index in [4.69, 9.17) is 5.73 Å². The third kappa shape index (κ3) is 7.09. The molecule has 1 heterocycles. The first-order chi connectivity index (χ1) is 14.9. The van der Waals surface area contributed by atoms with E-state index < -0.39 is 23.5 Å². The van der Waals surface area contributed by atoms with E-state index in [1.54, 1.807) is 20.0 Å². The van der Waals surface area contributed by atoms with Crippen LogP contribution in [0.4, 0.5) is 4.79 Å². The fourth-order valence-corrected chi connectivity index (χ4v) is 3.27. The van der Waals surface area contributed by atoms with Gasteiger partial charge in [0.1, 0.15) is 0 Å². The van der Waals surface area contributed by atoms with E-state index in [1.807, 2.05) is 48.5 Å². The number of hydrogen-bond acceptors (Lipinski definition) is 4. The SMILES string of the molecule is CCC(=O)NC(NC(=O)NCCc1ccccn1)(C(N)=O)C(C)CCc1ccccc1. The Bertz CT molecular complexity index is 860. The molecule has 31 heavy (non-hydrogen) atoms. The van der Waals surface area contributed by atoms with Crippen LogP contribution < -0.4 is 21.7 Å². The molecule has 1 aromatic carbocycles. The van der Waals surface area contributed by atoms with Crippen molar-refractivity contribution in [2.24, 2.45) is 11.7 Å². The molecule has 2 aromatic rings. The smallest absolute Gasteiger partial charge is 0.317 e. The highest BCUT2D eigenvalue weighted by Gasteiger charge is 2.44. The highest BCUT2D eigenvalue weighted by molar-refractivity contribution is 5.93. The van der Waals surface area contributed by atoms with Gasteiger partial charge in [0.05, 0.1) is 0 Å². The normalized spacial score (nSPS) is 13.5. The second-order valence-electron chi connectivity index (χ2n) is 7.45. The minimum atomic E-state index is -1.70. The van der Waals surface area contributed by atoms with Crippen molar-refractivity contribution in [3.8, 4) is 0 Å². The summed E-state index contributed by atoms with van der Waals surface area (Å²) in [7, 11) is 0. The first-order valence-corrected chi connectivity index (χ1v) is 10.5. The quantitative estimate of drug-likeness (QED) is 0.410. The molecule has 5 N–H and O–H groups in total. The first kappa shape index (κ1) is 23.9. The van der Waals surface area contributed by atoms with Gasteiger partial charge in [0.2, 0.25) is 5.91 Å². The lowest BCUT2D eigenvalue weighted by atomic mass is 9.87. The molecule has 166 valence electrons. The molecular weight excluding hydrogens is 394 g/mol. The molecule has 0 radical (unpaired) electrons. The summed E-state index contributed by atoms with van der Waals surface area (Å²) in [5.41, 5.74) is 5.93. The second kappa shape index (κ2) is 11.7. The van der Waals surface area contributed by atoms with E-state index in [2.05, 4.69) is 20.9 Å². The zero-order chi connectivity index (χ0) is 22.7. The number of amides is 4. The van der Waals surface area contributed by atoms with Gasteiger partial charge < -0.3 is 21.7 Å². The molecule has 0 aliphatic heterocycles. The van der Waals surface area contributed by atoms with Crippen LogP contribution in [-0.4, -0.2) is 35.0 Å². The summed E-state index contributed by atoms with van der Waals surface area (Å²) in [5.74, 6) is -1.63. The summed E-state index contributed by atoms with van der Waals surface area (Å²) < 4.78 is 0. The van der Waals surface area contributed by atoms with Gasteiger partial charge in [-0.05, 0) is 30.5 Å². The van der Waals surface area contributed by atoms with Gasteiger partial charge in [0, 0.05) is 37.2 Å². The molecule has 0 saturated carbocycles. The van der Waals surface area contributed by atoms with Crippen LogP contribution in [0.5, 0.6) is 0 Å². The summed E-state index contributed by atoms with van der Waals surface area (Å²) in [5, 5.41) is 8.01. The Morgan fingerprint density at radius 3 is 2.35 bits per heavy atom. The highest BCUT2D eigenvalue weighted by Crippen LogP contribution is 2.21. The molecule has 2 rings (SSSR count). The van der Waals surface area contributed by atoms with Gasteiger partial charge in [-0.15, -0.1) is 0 Å². The second-order valence-corrected chi connectivity index (χ2v) is 7.45.